The van der Waals surface area contributed by atoms with Crippen molar-refractivity contribution in [1.29, 1.82) is 0 Å². The second-order valence-electron chi connectivity index (χ2n) is 6.96. The zero-order valence-electron chi connectivity index (χ0n) is 13.9. The summed E-state index contributed by atoms with van der Waals surface area (Å²) in [6, 6.07) is 0. The second-order valence-corrected chi connectivity index (χ2v) is 6.96. The molecule has 1 aliphatic carbocycles. The first-order valence-corrected chi connectivity index (χ1v) is 8.46. The first-order chi connectivity index (χ1) is 9.01. The van der Waals surface area contributed by atoms with Crippen molar-refractivity contribution in [3.8, 4) is 0 Å². The van der Waals surface area contributed by atoms with Gasteiger partial charge in [0.15, 0.2) is 0 Å². The molecule has 0 aliphatic heterocycles. The van der Waals surface area contributed by atoms with Crippen LogP contribution in [0.3, 0.4) is 0 Å². The summed E-state index contributed by atoms with van der Waals surface area (Å²) >= 11 is 0. The highest BCUT2D eigenvalue weighted by Gasteiger charge is 2.44. The van der Waals surface area contributed by atoms with E-state index in [1.165, 1.54) is 38.6 Å². The van der Waals surface area contributed by atoms with Gasteiger partial charge in [0.25, 0.3) is 0 Å². The Kier molecular flexibility index (Phi) is 6.82. The molecule has 19 heavy (non-hydrogen) atoms. The third-order valence-corrected chi connectivity index (χ3v) is 5.46. The topological polar surface area (TPSA) is 29.3 Å². The van der Waals surface area contributed by atoms with E-state index in [1.807, 2.05) is 0 Å². The standard InChI is InChI=1S/C17H36N2/c1-6-15(5)12-19(7-2)17(13-18)11-9-8-10-16(17)14(3)4/h14-16H,6-13,18H2,1-5H3. The third kappa shape index (κ3) is 3.72. The fourth-order valence-corrected chi connectivity index (χ4v) is 4.11. The molecule has 1 rings (SSSR count). The Bertz CT molecular complexity index is 252. The summed E-state index contributed by atoms with van der Waals surface area (Å²) in [4.78, 5) is 2.73. The summed E-state index contributed by atoms with van der Waals surface area (Å²) in [7, 11) is 0. The summed E-state index contributed by atoms with van der Waals surface area (Å²) in [5.74, 6) is 2.29. The van der Waals surface area contributed by atoms with Crippen LogP contribution in [0.1, 0.15) is 66.7 Å². The Morgan fingerprint density at radius 3 is 2.37 bits per heavy atom. The molecule has 0 aromatic carbocycles. The lowest BCUT2D eigenvalue weighted by Crippen LogP contribution is -2.61. The number of hydrogen-bond donors (Lipinski definition) is 1. The van der Waals surface area contributed by atoms with Crippen molar-refractivity contribution in [1.82, 2.24) is 4.90 Å². The van der Waals surface area contributed by atoms with Gasteiger partial charge >= 0.3 is 0 Å². The number of hydrogen-bond acceptors (Lipinski definition) is 2. The van der Waals surface area contributed by atoms with Gasteiger partial charge in [0.05, 0.1) is 0 Å². The van der Waals surface area contributed by atoms with Crippen molar-refractivity contribution in [2.24, 2.45) is 23.5 Å². The number of likely N-dealkylation sites (N-methyl/N-ethyl adjacent to an activating group) is 1. The van der Waals surface area contributed by atoms with E-state index in [-0.39, 0.29) is 5.54 Å². The molecular formula is C17H36N2. The molecule has 2 heteroatoms. The third-order valence-electron chi connectivity index (χ3n) is 5.46. The van der Waals surface area contributed by atoms with Gasteiger partial charge < -0.3 is 5.73 Å². The minimum atomic E-state index is 0.268. The van der Waals surface area contributed by atoms with Gasteiger partial charge in [-0.15, -0.1) is 0 Å². The average molecular weight is 268 g/mol. The van der Waals surface area contributed by atoms with Crippen LogP contribution in [-0.2, 0) is 0 Å². The van der Waals surface area contributed by atoms with Gasteiger partial charge in [-0.25, -0.2) is 0 Å². The SMILES string of the molecule is CCC(C)CN(CC)C1(CN)CCCCC1C(C)C. The first-order valence-electron chi connectivity index (χ1n) is 8.46. The molecular weight excluding hydrogens is 232 g/mol. The van der Waals surface area contributed by atoms with Crippen LogP contribution in [-0.4, -0.2) is 30.1 Å². The Labute approximate surface area is 121 Å². The summed E-state index contributed by atoms with van der Waals surface area (Å²) < 4.78 is 0. The molecule has 3 unspecified atom stereocenters. The Morgan fingerprint density at radius 2 is 1.89 bits per heavy atom. The summed E-state index contributed by atoms with van der Waals surface area (Å²) in [5, 5.41) is 0. The van der Waals surface area contributed by atoms with Crippen molar-refractivity contribution in [2.45, 2.75) is 72.3 Å². The highest BCUT2D eigenvalue weighted by atomic mass is 15.2. The zero-order chi connectivity index (χ0) is 14.5. The van der Waals surface area contributed by atoms with Crippen LogP contribution in [0.25, 0.3) is 0 Å². The van der Waals surface area contributed by atoms with Crippen molar-refractivity contribution < 1.29 is 0 Å². The molecule has 0 heterocycles. The largest absolute Gasteiger partial charge is 0.329 e. The maximum absolute atomic E-state index is 6.32. The monoisotopic (exact) mass is 268 g/mol. The van der Waals surface area contributed by atoms with E-state index < -0.39 is 0 Å². The lowest BCUT2D eigenvalue weighted by Gasteiger charge is -2.53. The second kappa shape index (κ2) is 7.64. The van der Waals surface area contributed by atoms with Crippen molar-refractivity contribution >= 4 is 0 Å². The van der Waals surface area contributed by atoms with E-state index in [1.54, 1.807) is 0 Å². The van der Waals surface area contributed by atoms with Gasteiger partial charge in [0.1, 0.15) is 0 Å². The maximum atomic E-state index is 6.32. The Hall–Kier alpha value is -0.0800. The molecule has 0 aromatic heterocycles. The van der Waals surface area contributed by atoms with Crippen LogP contribution in [0.5, 0.6) is 0 Å². The molecule has 0 spiro atoms. The first kappa shape index (κ1) is 17.0. The number of nitrogens with zero attached hydrogens (tertiary/aromatic N) is 1. The summed E-state index contributed by atoms with van der Waals surface area (Å²) in [6.45, 7) is 15.0. The zero-order valence-corrected chi connectivity index (χ0v) is 13.9. The summed E-state index contributed by atoms with van der Waals surface area (Å²) in [5.41, 5.74) is 6.59. The molecule has 114 valence electrons. The minimum absolute atomic E-state index is 0.268. The molecule has 0 bridgehead atoms. The van der Waals surface area contributed by atoms with E-state index in [4.69, 9.17) is 5.73 Å². The van der Waals surface area contributed by atoms with E-state index in [9.17, 15) is 0 Å². The molecule has 2 N–H and O–H groups in total. The van der Waals surface area contributed by atoms with Crippen LogP contribution in [0.15, 0.2) is 0 Å². The van der Waals surface area contributed by atoms with Crippen LogP contribution in [0.4, 0.5) is 0 Å². The average Bonchev–Trinajstić information content (AvgIpc) is 2.43. The van der Waals surface area contributed by atoms with Gasteiger partial charge in [-0.2, -0.15) is 0 Å². The van der Waals surface area contributed by atoms with Gasteiger partial charge in [-0.3, -0.25) is 4.90 Å². The quantitative estimate of drug-likeness (QED) is 0.759. The smallest absolute Gasteiger partial charge is 0.0362 e. The molecule has 3 atom stereocenters. The highest BCUT2D eigenvalue weighted by Crippen LogP contribution is 2.42. The molecule has 2 nitrogen and oxygen atoms in total. The summed E-state index contributed by atoms with van der Waals surface area (Å²) in [6.07, 6.45) is 6.69. The van der Waals surface area contributed by atoms with Crippen LogP contribution < -0.4 is 5.73 Å². The molecule has 1 saturated carbocycles. The normalized spacial score (nSPS) is 30.0. The van der Waals surface area contributed by atoms with E-state index in [0.717, 1.165) is 30.8 Å². The van der Waals surface area contributed by atoms with Crippen molar-refractivity contribution in [3.05, 3.63) is 0 Å². The highest BCUT2D eigenvalue weighted by molar-refractivity contribution is 5.01. The molecule has 1 aliphatic rings. The predicted octanol–water partition coefficient (Wildman–Crippen LogP) is 3.90. The minimum Gasteiger partial charge on any atom is -0.329 e. The van der Waals surface area contributed by atoms with E-state index >= 15 is 0 Å². The van der Waals surface area contributed by atoms with E-state index in [2.05, 4.69) is 39.5 Å². The molecule has 0 radical (unpaired) electrons. The lowest BCUT2D eigenvalue weighted by atomic mass is 9.66. The van der Waals surface area contributed by atoms with Gasteiger partial charge in [-0.05, 0) is 37.1 Å². The predicted molar refractivity (Wildman–Crippen MR) is 85.3 cm³/mol. The number of nitrogens with two attached hydrogens (primary N) is 1. The molecule has 0 aromatic rings. The Balaban J connectivity index is 2.95. The Morgan fingerprint density at radius 1 is 1.21 bits per heavy atom. The van der Waals surface area contributed by atoms with Crippen molar-refractivity contribution in [2.75, 3.05) is 19.6 Å². The van der Waals surface area contributed by atoms with Crippen LogP contribution >= 0.6 is 0 Å². The van der Waals surface area contributed by atoms with Crippen LogP contribution in [0.2, 0.25) is 0 Å². The lowest BCUT2D eigenvalue weighted by molar-refractivity contribution is -0.0186. The van der Waals surface area contributed by atoms with E-state index in [0.29, 0.717) is 0 Å². The van der Waals surface area contributed by atoms with Gasteiger partial charge in [0.2, 0.25) is 0 Å². The number of rotatable bonds is 7. The van der Waals surface area contributed by atoms with Gasteiger partial charge in [0, 0.05) is 18.6 Å². The molecule has 0 saturated heterocycles. The fraction of sp³-hybridized carbons (Fsp3) is 1.00. The van der Waals surface area contributed by atoms with Crippen molar-refractivity contribution in [3.63, 3.8) is 0 Å². The van der Waals surface area contributed by atoms with Gasteiger partial charge in [-0.1, -0.05) is 53.9 Å². The molecule has 1 fully saturated rings. The van der Waals surface area contributed by atoms with Crippen LogP contribution in [0, 0.1) is 17.8 Å². The molecule has 0 amide bonds. The maximum Gasteiger partial charge on any atom is 0.0362 e. The fourth-order valence-electron chi connectivity index (χ4n) is 4.11.